The fourth-order valence-electron chi connectivity index (χ4n) is 3.34. The van der Waals surface area contributed by atoms with Crippen LogP contribution in [-0.4, -0.2) is 9.36 Å². The lowest BCUT2D eigenvalue weighted by Crippen LogP contribution is -2.20. The van der Waals surface area contributed by atoms with Crippen LogP contribution in [0.4, 0.5) is 0 Å². The average molecular weight is 405 g/mol. The maximum atomic E-state index is 12.8. The van der Waals surface area contributed by atoms with Crippen LogP contribution in [0.25, 0.3) is 16.5 Å². The molecule has 0 saturated carbocycles. The first-order chi connectivity index (χ1) is 14.6. The molecule has 0 saturated heterocycles. The summed E-state index contributed by atoms with van der Waals surface area (Å²) in [6.07, 6.45) is 0. The molecule has 0 fully saturated rings. The lowest BCUT2D eigenvalue weighted by molar-refractivity contribution is 0.420. The van der Waals surface area contributed by atoms with Crippen LogP contribution in [0.5, 0.6) is 11.6 Å². The van der Waals surface area contributed by atoms with Crippen molar-refractivity contribution >= 4 is 10.8 Å². The van der Waals surface area contributed by atoms with Crippen LogP contribution < -0.4 is 10.3 Å². The largest absolute Gasteiger partial charge is 0.438 e. The molecule has 0 aliphatic heterocycles. The monoisotopic (exact) mass is 404 g/mol. The van der Waals surface area contributed by atoms with E-state index in [9.17, 15) is 4.79 Å². The maximum Gasteiger partial charge on any atom is 0.278 e. The van der Waals surface area contributed by atoms with Gasteiger partial charge >= 0.3 is 0 Å². The molecule has 1 heterocycles. The van der Waals surface area contributed by atoms with Crippen LogP contribution in [-0.2, 0) is 7.05 Å². The fraction of sp³-hybridized carbons (Fsp3) is 0.269. The Hall–Kier alpha value is -3.27. The molecule has 0 spiro atoms. The molecule has 0 amide bonds. The first kappa shape index (κ1) is 23.0. The smallest absolute Gasteiger partial charge is 0.278 e. The lowest BCUT2D eigenvalue weighted by Gasteiger charge is -2.13. The van der Waals surface area contributed by atoms with E-state index in [0.717, 1.165) is 22.2 Å². The average Bonchev–Trinajstić information content (AvgIpc) is 3.02. The third-order valence-electron chi connectivity index (χ3n) is 4.74. The zero-order valence-corrected chi connectivity index (χ0v) is 19.1. The highest BCUT2D eigenvalue weighted by Crippen LogP contribution is 2.32. The number of aromatic nitrogens is 2. The molecule has 3 aromatic carbocycles. The maximum absolute atomic E-state index is 12.8. The first-order valence-electron chi connectivity index (χ1n) is 10.6. The number of hydrogen-bond acceptors (Lipinski definition) is 2. The van der Waals surface area contributed by atoms with Crippen molar-refractivity contribution in [1.82, 2.24) is 9.36 Å². The van der Waals surface area contributed by atoms with Crippen LogP contribution in [0.1, 0.15) is 38.8 Å². The van der Waals surface area contributed by atoms with Crippen molar-refractivity contribution in [3.8, 4) is 17.3 Å². The van der Waals surface area contributed by atoms with Gasteiger partial charge in [-0.25, -0.2) is 9.36 Å². The van der Waals surface area contributed by atoms with E-state index in [-0.39, 0.29) is 5.56 Å². The van der Waals surface area contributed by atoms with E-state index in [1.165, 1.54) is 5.56 Å². The molecule has 158 valence electrons. The molecule has 0 aliphatic carbocycles. The second kappa shape index (κ2) is 10.5. The first-order valence-corrected chi connectivity index (χ1v) is 10.6. The number of ether oxygens (including phenoxy) is 1. The molecule has 4 aromatic rings. The zero-order valence-electron chi connectivity index (χ0n) is 19.1. The van der Waals surface area contributed by atoms with Gasteiger partial charge in [0.15, 0.2) is 0 Å². The van der Waals surface area contributed by atoms with Gasteiger partial charge in [-0.3, -0.25) is 4.79 Å². The van der Waals surface area contributed by atoms with E-state index < -0.39 is 0 Å². The fourth-order valence-corrected chi connectivity index (χ4v) is 3.34. The summed E-state index contributed by atoms with van der Waals surface area (Å²) in [5.41, 5.74) is 2.51. The van der Waals surface area contributed by atoms with Crippen molar-refractivity contribution < 1.29 is 4.74 Å². The van der Waals surface area contributed by atoms with Gasteiger partial charge in [-0.15, -0.1) is 0 Å². The second-order valence-electron chi connectivity index (χ2n) is 6.43. The number of aryl methyl sites for hydroxylation is 1. The molecule has 4 nitrogen and oxygen atoms in total. The normalized spacial score (nSPS) is 9.97. The third-order valence-corrected chi connectivity index (χ3v) is 4.74. The van der Waals surface area contributed by atoms with Gasteiger partial charge in [0.25, 0.3) is 5.56 Å². The SMILES string of the molecule is CC.CC.Cc1c(Oc2ccc(C)c3ccccc23)n(C)n(-c2ccccc2)c1=O. The summed E-state index contributed by atoms with van der Waals surface area (Å²) in [7, 11) is 1.84. The van der Waals surface area contributed by atoms with Gasteiger partial charge in [-0.05, 0) is 43.0 Å². The molecule has 0 atom stereocenters. The summed E-state index contributed by atoms with van der Waals surface area (Å²) < 4.78 is 9.62. The highest BCUT2D eigenvalue weighted by atomic mass is 16.5. The Morgan fingerprint density at radius 3 is 1.93 bits per heavy atom. The molecule has 4 heteroatoms. The van der Waals surface area contributed by atoms with E-state index in [4.69, 9.17) is 4.74 Å². The molecule has 30 heavy (non-hydrogen) atoms. The Balaban J connectivity index is 0.000000757. The minimum absolute atomic E-state index is 0.0786. The highest BCUT2D eigenvalue weighted by molar-refractivity contribution is 5.91. The standard InChI is InChI=1S/C22H20N2O2.2C2H6/c1-15-13-14-20(19-12-8-7-11-18(15)19)26-22-16(2)21(25)24(23(22)3)17-9-5-4-6-10-17;2*1-2/h4-14H,1-3H3;2*1-2H3. The van der Waals surface area contributed by atoms with E-state index >= 15 is 0 Å². The molecule has 0 bridgehead atoms. The number of fused-ring (bicyclic) bond motifs is 1. The van der Waals surface area contributed by atoms with Crippen molar-refractivity contribution in [2.24, 2.45) is 7.05 Å². The van der Waals surface area contributed by atoms with Crippen LogP contribution in [0.15, 0.2) is 71.5 Å². The number of para-hydroxylation sites is 1. The van der Waals surface area contributed by atoms with Crippen molar-refractivity contribution in [2.75, 3.05) is 0 Å². The molecular weight excluding hydrogens is 372 g/mol. The van der Waals surface area contributed by atoms with Gasteiger partial charge < -0.3 is 4.74 Å². The zero-order chi connectivity index (χ0) is 22.3. The van der Waals surface area contributed by atoms with E-state index in [0.29, 0.717) is 11.4 Å². The molecule has 0 N–H and O–H groups in total. The Labute approximate surface area is 179 Å². The number of hydrogen-bond donors (Lipinski definition) is 0. The number of rotatable bonds is 3. The minimum atomic E-state index is -0.0786. The molecule has 4 rings (SSSR count). The highest BCUT2D eigenvalue weighted by Gasteiger charge is 2.18. The Bertz CT molecular complexity index is 1160. The van der Waals surface area contributed by atoms with Gasteiger partial charge in [-0.2, -0.15) is 0 Å². The van der Waals surface area contributed by atoms with Crippen LogP contribution >= 0.6 is 0 Å². The summed E-state index contributed by atoms with van der Waals surface area (Å²) >= 11 is 0. The summed E-state index contributed by atoms with van der Waals surface area (Å²) in [6.45, 7) is 11.9. The molecule has 1 aromatic heterocycles. The Morgan fingerprint density at radius 1 is 0.733 bits per heavy atom. The minimum Gasteiger partial charge on any atom is -0.438 e. The third kappa shape index (κ3) is 4.33. The summed E-state index contributed by atoms with van der Waals surface area (Å²) in [4.78, 5) is 12.8. The topological polar surface area (TPSA) is 36.2 Å². The molecular formula is C26H32N2O2. The Morgan fingerprint density at radius 2 is 1.30 bits per heavy atom. The predicted molar refractivity (Wildman–Crippen MR) is 127 cm³/mol. The van der Waals surface area contributed by atoms with Crippen LogP contribution in [0, 0.1) is 13.8 Å². The van der Waals surface area contributed by atoms with Gasteiger partial charge in [0.1, 0.15) is 5.75 Å². The Kier molecular flexibility index (Phi) is 8.05. The quantitative estimate of drug-likeness (QED) is 0.377. The lowest BCUT2D eigenvalue weighted by atomic mass is 10.0. The van der Waals surface area contributed by atoms with Crippen LogP contribution in [0.3, 0.4) is 0 Å². The van der Waals surface area contributed by atoms with E-state index in [1.807, 2.05) is 95.4 Å². The van der Waals surface area contributed by atoms with E-state index in [2.05, 4.69) is 13.0 Å². The van der Waals surface area contributed by atoms with E-state index in [1.54, 1.807) is 16.3 Å². The second-order valence-corrected chi connectivity index (χ2v) is 6.43. The van der Waals surface area contributed by atoms with Gasteiger partial charge in [0, 0.05) is 12.4 Å². The molecule has 0 radical (unpaired) electrons. The van der Waals surface area contributed by atoms with Gasteiger partial charge in [0.2, 0.25) is 5.88 Å². The molecule has 0 unspecified atom stereocenters. The summed E-state index contributed by atoms with van der Waals surface area (Å²) in [5, 5.41) is 2.18. The summed E-state index contributed by atoms with van der Waals surface area (Å²) in [5.74, 6) is 1.29. The van der Waals surface area contributed by atoms with Crippen molar-refractivity contribution in [3.63, 3.8) is 0 Å². The van der Waals surface area contributed by atoms with Crippen molar-refractivity contribution in [1.29, 1.82) is 0 Å². The van der Waals surface area contributed by atoms with Gasteiger partial charge in [-0.1, -0.05) is 76.2 Å². The van der Waals surface area contributed by atoms with Gasteiger partial charge in [0.05, 0.1) is 11.3 Å². The predicted octanol–water partition coefficient (Wildman–Crippen LogP) is 6.79. The van der Waals surface area contributed by atoms with Crippen molar-refractivity contribution in [2.45, 2.75) is 41.5 Å². The number of benzene rings is 3. The van der Waals surface area contributed by atoms with Crippen LogP contribution in [0.2, 0.25) is 0 Å². The summed E-state index contributed by atoms with van der Waals surface area (Å²) in [6, 6.07) is 21.7. The molecule has 0 aliphatic rings. The van der Waals surface area contributed by atoms with Crippen molar-refractivity contribution in [3.05, 3.63) is 88.2 Å². The number of nitrogens with zero attached hydrogens (tertiary/aromatic N) is 2.